The Kier molecular flexibility index (Phi) is 1.71. The number of nitrogens with zero attached hydrogens (tertiary/aromatic N) is 1. The summed E-state index contributed by atoms with van der Waals surface area (Å²) in [6, 6.07) is 1.98. The number of rotatable bonds is 1. The van der Waals surface area contributed by atoms with Gasteiger partial charge < -0.3 is 10.5 Å². The lowest BCUT2D eigenvalue weighted by Crippen LogP contribution is -2.22. The summed E-state index contributed by atoms with van der Waals surface area (Å²) < 4.78 is 5.74. The molecular weight excluding hydrogens is 192 g/mol. The topological polar surface area (TPSA) is 65.2 Å². The zero-order valence-corrected chi connectivity index (χ0v) is 8.22. The third-order valence-corrected chi connectivity index (χ3v) is 3.40. The minimum Gasteiger partial charge on any atom is -0.488 e. The molecule has 3 rings (SSSR count). The molecule has 1 aliphatic carbocycles. The Hall–Kier alpha value is -1.58. The number of hydrogen-bond acceptors (Lipinski definition) is 3. The highest BCUT2D eigenvalue weighted by Crippen LogP contribution is 2.48. The molecule has 3 atom stereocenters. The average Bonchev–Trinajstić information content (AvgIpc) is 2.73. The van der Waals surface area contributed by atoms with E-state index in [1.807, 2.05) is 6.07 Å². The van der Waals surface area contributed by atoms with Crippen LogP contribution >= 0.6 is 0 Å². The van der Waals surface area contributed by atoms with Gasteiger partial charge in [-0.15, -0.1) is 0 Å². The molecule has 1 aromatic heterocycles. The maximum absolute atomic E-state index is 11.1. The molecule has 1 aromatic rings. The molecule has 1 aliphatic heterocycles. The Bertz CT molecular complexity index is 419. The highest BCUT2D eigenvalue weighted by molar-refractivity contribution is 5.77. The van der Waals surface area contributed by atoms with Gasteiger partial charge in [0, 0.05) is 23.6 Å². The van der Waals surface area contributed by atoms with Crippen LogP contribution < -0.4 is 10.5 Å². The fourth-order valence-corrected chi connectivity index (χ4v) is 2.65. The Morgan fingerprint density at radius 3 is 3.20 bits per heavy atom. The number of carbonyl (C=O) groups is 1. The van der Waals surface area contributed by atoms with Crippen molar-refractivity contribution in [2.24, 2.45) is 11.7 Å². The molecule has 1 saturated carbocycles. The first-order chi connectivity index (χ1) is 7.25. The zero-order chi connectivity index (χ0) is 10.4. The van der Waals surface area contributed by atoms with E-state index in [4.69, 9.17) is 10.5 Å². The van der Waals surface area contributed by atoms with E-state index in [1.54, 1.807) is 12.4 Å². The second kappa shape index (κ2) is 2.95. The van der Waals surface area contributed by atoms with E-state index in [9.17, 15) is 4.79 Å². The highest BCUT2D eigenvalue weighted by atomic mass is 16.5. The molecule has 0 radical (unpaired) electrons. The van der Waals surface area contributed by atoms with E-state index in [0.29, 0.717) is 5.92 Å². The van der Waals surface area contributed by atoms with Gasteiger partial charge in [-0.3, -0.25) is 9.78 Å². The number of amides is 1. The summed E-state index contributed by atoms with van der Waals surface area (Å²) in [5.41, 5.74) is 6.49. The summed E-state index contributed by atoms with van der Waals surface area (Å²) in [6.45, 7) is 0. The van der Waals surface area contributed by atoms with Crippen molar-refractivity contribution in [3.05, 3.63) is 24.0 Å². The van der Waals surface area contributed by atoms with Crippen LogP contribution in [0.1, 0.15) is 24.3 Å². The minimum atomic E-state index is -0.205. The summed E-state index contributed by atoms with van der Waals surface area (Å²) in [6.07, 6.45) is 5.20. The zero-order valence-electron chi connectivity index (χ0n) is 8.22. The van der Waals surface area contributed by atoms with E-state index in [0.717, 1.165) is 18.6 Å². The quantitative estimate of drug-likeness (QED) is 0.736. The van der Waals surface area contributed by atoms with Crippen LogP contribution in [0.4, 0.5) is 0 Å². The number of aromatic nitrogens is 1. The van der Waals surface area contributed by atoms with Crippen molar-refractivity contribution < 1.29 is 9.53 Å². The molecule has 2 N–H and O–H groups in total. The second-order valence-electron chi connectivity index (χ2n) is 4.25. The SMILES string of the molecule is NC(=O)C1CC2Oc3cnccc3C2C1. The Morgan fingerprint density at radius 1 is 1.53 bits per heavy atom. The molecule has 4 heteroatoms. The summed E-state index contributed by atoms with van der Waals surface area (Å²) >= 11 is 0. The van der Waals surface area contributed by atoms with Gasteiger partial charge in [0.05, 0.1) is 6.20 Å². The van der Waals surface area contributed by atoms with Crippen molar-refractivity contribution in [1.82, 2.24) is 4.98 Å². The van der Waals surface area contributed by atoms with Crippen molar-refractivity contribution in [3.63, 3.8) is 0 Å². The molecule has 4 nitrogen and oxygen atoms in total. The van der Waals surface area contributed by atoms with Crippen LogP contribution in [-0.2, 0) is 4.79 Å². The molecule has 15 heavy (non-hydrogen) atoms. The predicted octanol–water partition coefficient (Wildman–Crippen LogP) is 0.821. The van der Waals surface area contributed by atoms with E-state index >= 15 is 0 Å². The summed E-state index contributed by atoms with van der Waals surface area (Å²) in [5.74, 6) is 0.973. The van der Waals surface area contributed by atoms with Gasteiger partial charge >= 0.3 is 0 Å². The van der Waals surface area contributed by atoms with Crippen molar-refractivity contribution in [2.75, 3.05) is 0 Å². The van der Waals surface area contributed by atoms with E-state index in [2.05, 4.69) is 4.98 Å². The van der Waals surface area contributed by atoms with Crippen LogP contribution in [-0.4, -0.2) is 17.0 Å². The number of hydrogen-bond donors (Lipinski definition) is 1. The first-order valence-electron chi connectivity index (χ1n) is 5.15. The second-order valence-corrected chi connectivity index (χ2v) is 4.25. The van der Waals surface area contributed by atoms with Gasteiger partial charge in [0.25, 0.3) is 0 Å². The van der Waals surface area contributed by atoms with Gasteiger partial charge in [-0.05, 0) is 18.9 Å². The molecular formula is C11H12N2O2. The number of primary amides is 1. The summed E-state index contributed by atoms with van der Waals surface area (Å²) in [5, 5.41) is 0. The lowest BCUT2D eigenvalue weighted by atomic mass is 9.97. The average molecular weight is 204 g/mol. The van der Waals surface area contributed by atoms with Gasteiger partial charge in [-0.25, -0.2) is 0 Å². The highest BCUT2D eigenvalue weighted by Gasteiger charge is 2.44. The number of nitrogens with two attached hydrogens (primary N) is 1. The fraction of sp³-hybridized carbons (Fsp3) is 0.455. The van der Waals surface area contributed by atoms with Crippen LogP contribution in [0, 0.1) is 5.92 Å². The lowest BCUT2D eigenvalue weighted by Gasteiger charge is -2.07. The van der Waals surface area contributed by atoms with Crippen LogP contribution in [0.15, 0.2) is 18.5 Å². The van der Waals surface area contributed by atoms with Gasteiger partial charge in [0.1, 0.15) is 11.9 Å². The van der Waals surface area contributed by atoms with Crippen molar-refractivity contribution >= 4 is 5.91 Å². The standard InChI is InChI=1S/C11H12N2O2/c12-11(14)6-3-8-7-1-2-13-5-10(7)15-9(8)4-6/h1-2,5-6,8-9H,3-4H2,(H2,12,14). The number of ether oxygens (including phenoxy) is 1. The maximum Gasteiger partial charge on any atom is 0.220 e. The molecule has 3 unspecified atom stereocenters. The normalized spacial score (nSPS) is 31.9. The van der Waals surface area contributed by atoms with Crippen LogP contribution in [0.5, 0.6) is 5.75 Å². The van der Waals surface area contributed by atoms with Crippen molar-refractivity contribution in [3.8, 4) is 5.75 Å². The molecule has 0 bridgehead atoms. The molecule has 78 valence electrons. The maximum atomic E-state index is 11.1. The largest absolute Gasteiger partial charge is 0.488 e. The van der Waals surface area contributed by atoms with Gasteiger partial charge in [-0.2, -0.15) is 0 Å². The monoisotopic (exact) mass is 204 g/mol. The van der Waals surface area contributed by atoms with E-state index < -0.39 is 0 Å². The van der Waals surface area contributed by atoms with Gasteiger partial charge in [-0.1, -0.05) is 0 Å². The number of pyridine rings is 1. The lowest BCUT2D eigenvalue weighted by molar-refractivity contribution is -0.121. The molecule has 1 amide bonds. The Balaban J connectivity index is 1.91. The van der Waals surface area contributed by atoms with Crippen LogP contribution in [0.2, 0.25) is 0 Å². The van der Waals surface area contributed by atoms with Crippen LogP contribution in [0.3, 0.4) is 0 Å². The molecule has 2 heterocycles. The van der Waals surface area contributed by atoms with Gasteiger partial charge in [0.2, 0.25) is 5.91 Å². The third kappa shape index (κ3) is 1.21. The van der Waals surface area contributed by atoms with Crippen LogP contribution in [0.25, 0.3) is 0 Å². The van der Waals surface area contributed by atoms with E-state index in [-0.39, 0.29) is 17.9 Å². The first-order valence-corrected chi connectivity index (χ1v) is 5.15. The van der Waals surface area contributed by atoms with Crippen molar-refractivity contribution in [1.29, 1.82) is 0 Å². The van der Waals surface area contributed by atoms with Crippen molar-refractivity contribution in [2.45, 2.75) is 24.9 Å². The fourth-order valence-electron chi connectivity index (χ4n) is 2.65. The predicted molar refractivity (Wildman–Crippen MR) is 53.3 cm³/mol. The summed E-state index contributed by atoms with van der Waals surface area (Å²) in [7, 11) is 0. The Morgan fingerprint density at radius 2 is 2.40 bits per heavy atom. The summed E-state index contributed by atoms with van der Waals surface area (Å²) in [4.78, 5) is 15.1. The number of fused-ring (bicyclic) bond motifs is 3. The van der Waals surface area contributed by atoms with E-state index in [1.165, 1.54) is 5.56 Å². The first kappa shape index (κ1) is 8.71. The number of carbonyl (C=O) groups excluding carboxylic acids is 1. The molecule has 0 spiro atoms. The molecule has 0 saturated heterocycles. The molecule has 0 aromatic carbocycles. The smallest absolute Gasteiger partial charge is 0.220 e. The van der Waals surface area contributed by atoms with Gasteiger partial charge in [0.15, 0.2) is 0 Å². The molecule has 1 fully saturated rings. The Labute approximate surface area is 87.4 Å². The third-order valence-electron chi connectivity index (χ3n) is 3.40. The molecule has 2 aliphatic rings. The minimum absolute atomic E-state index is 0.0266.